The van der Waals surface area contributed by atoms with Crippen molar-refractivity contribution in [3.63, 3.8) is 0 Å². The maximum Gasteiger partial charge on any atom is 0.0604 e. The van der Waals surface area contributed by atoms with Gasteiger partial charge >= 0.3 is 0 Å². The van der Waals surface area contributed by atoms with Crippen LogP contribution < -0.4 is 0 Å². The fourth-order valence-electron chi connectivity index (χ4n) is 1.55. The number of halogens is 3. The molecule has 0 aliphatic carbocycles. The van der Waals surface area contributed by atoms with Gasteiger partial charge in [0.15, 0.2) is 0 Å². The Morgan fingerprint density at radius 1 is 0.647 bits per heavy atom. The molecule has 1 aliphatic heterocycles. The average molecular weight is 320 g/mol. The zero-order chi connectivity index (χ0) is 12.0. The van der Waals surface area contributed by atoms with Gasteiger partial charge in [-0.05, 0) is 30.3 Å². The lowest BCUT2D eigenvalue weighted by Crippen LogP contribution is -1.89. The van der Waals surface area contributed by atoms with E-state index in [1.165, 1.54) is 4.90 Å². The van der Waals surface area contributed by atoms with Crippen molar-refractivity contribution in [1.82, 2.24) is 0 Å². The topological polar surface area (TPSA) is 0 Å². The third-order valence-electron chi connectivity index (χ3n) is 2.33. The minimum Gasteiger partial charge on any atom is -0.0877 e. The molecular formula is C12H5Cl3S2. The van der Waals surface area contributed by atoms with Gasteiger partial charge in [-0.3, -0.25) is 0 Å². The lowest BCUT2D eigenvalue weighted by molar-refractivity contribution is 1.16. The van der Waals surface area contributed by atoms with Gasteiger partial charge in [0.2, 0.25) is 0 Å². The average Bonchev–Trinajstić information content (AvgIpc) is 2.28. The molecule has 0 nitrogen and oxygen atoms in total. The molecule has 0 fully saturated rings. The molecule has 0 bridgehead atoms. The highest BCUT2D eigenvalue weighted by atomic mass is 35.5. The van der Waals surface area contributed by atoms with Crippen molar-refractivity contribution in [3.05, 3.63) is 45.4 Å². The molecule has 1 heterocycles. The zero-order valence-electron chi connectivity index (χ0n) is 8.34. The van der Waals surface area contributed by atoms with Crippen molar-refractivity contribution in [3.8, 4) is 0 Å². The first-order valence-electron chi connectivity index (χ1n) is 4.78. The highest BCUT2D eigenvalue weighted by Gasteiger charge is 2.18. The van der Waals surface area contributed by atoms with Gasteiger partial charge in [-0.25, -0.2) is 0 Å². The standard InChI is InChI=1S/C12H5Cl3S2/c13-6-1-2-9-10(3-6)17-12-5-8(15)7(14)4-11(12)16-9/h1-5H. The first-order chi connectivity index (χ1) is 8.13. The minimum atomic E-state index is 0.587. The molecule has 0 amide bonds. The third-order valence-corrected chi connectivity index (χ3v) is 5.80. The highest BCUT2D eigenvalue weighted by molar-refractivity contribution is 8.05. The Morgan fingerprint density at radius 3 is 1.82 bits per heavy atom. The second-order valence-corrected chi connectivity index (χ2v) is 6.93. The summed E-state index contributed by atoms with van der Waals surface area (Å²) in [6.45, 7) is 0. The summed E-state index contributed by atoms with van der Waals surface area (Å²) in [5.41, 5.74) is 0. The van der Waals surface area contributed by atoms with Crippen molar-refractivity contribution >= 4 is 58.3 Å². The Labute approximate surface area is 123 Å². The Kier molecular flexibility index (Phi) is 3.26. The number of fused-ring (bicyclic) bond motifs is 2. The van der Waals surface area contributed by atoms with Crippen molar-refractivity contribution < 1.29 is 0 Å². The fourth-order valence-corrected chi connectivity index (χ4v) is 4.54. The number of benzene rings is 2. The molecule has 1 aliphatic rings. The van der Waals surface area contributed by atoms with E-state index in [-0.39, 0.29) is 0 Å². The fraction of sp³-hybridized carbons (Fsp3) is 0. The number of hydrogen-bond donors (Lipinski definition) is 0. The van der Waals surface area contributed by atoms with Gasteiger partial charge < -0.3 is 0 Å². The van der Waals surface area contributed by atoms with Gasteiger partial charge in [0.25, 0.3) is 0 Å². The molecule has 17 heavy (non-hydrogen) atoms. The van der Waals surface area contributed by atoms with E-state index in [2.05, 4.69) is 0 Å². The molecule has 0 radical (unpaired) electrons. The SMILES string of the molecule is Clc1ccc2c(c1)Sc1cc(Cl)c(Cl)cc1S2. The summed E-state index contributed by atoms with van der Waals surface area (Å²) in [6.07, 6.45) is 0. The van der Waals surface area contributed by atoms with E-state index in [4.69, 9.17) is 34.8 Å². The monoisotopic (exact) mass is 318 g/mol. The van der Waals surface area contributed by atoms with E-state index in [1.807, 2.05) is 30.3 Å². The smallest absolute Gasteiger partial charge is 0.0604 e. The highest BCUT2D eigenvalue weighted by Crippen LogP contribution is 2.50. The van der Waals surface area contributed by atoms with Gasteiger partial charge in [0, 0.05) is 24.6 Å². The predicted octanol–water partition coefficient (Wildman–Crippen LogP) is 6.26. The summed E-state index contributed by atoms with van der Waals surface area (Å²) < 4.78 is 0. The van der Waals surface area contributed by atoms with E-state index < -0.39 is 0 Å². The van der Waals surface area contributed by atoms with Crippen molar-refractivity contribution in [2.45, 2.75) is 19.6 Å². The lowest BCUT2D eigenvalue weighted by Gasteiger charge is -2.18. The largest absolute Gasteiger partial charge is 0.0877 e. The van der Waals surface area contributed by atoms with Gasteiger partial charge in [0.05, 0.1) is 10.0 Å². The Hall–Kier alpha value is 0.01000. The predicted molar refractivity (Wildman–Crippen MR) is 76.2 cm³/mol. The van der Waals surface area contributed by atoms with Crippen LogP contribution in [0.5, 0.6) is 0 Å². The molecule has 2 aromatic rings. The lowest BCUT2D eigenvalue weighted by atomic mass is 10.3. The third kappa shape index (κ3) is 2.29. The second-order valence-electron chi connectivity index (χ2n) is 3.51. The zero-order valence-corrected chi connectivity index (χ0v) is 12.2. The van der Waals surface area contributed by atoms with Crippen molar-refractivity contribution in [1.29, 1.82) is 0 Å². The maximum absolute atomic E-state index is 6.02. The van der Waals surface area contributed by atoms with E-state index in [9.17, 15) is 0 Å². The number of hydrogen-bond acceptors (Lipinski definition) is 2. The number of rotatable bonds is 0. The summed E-state index contributed by atoms with van der Waals surface area (Å²) in [6, 6.07) is 9.71. The Balaban J connectivity index is 2.11. The van der Waals surface area contributed by atoms with E-state index in [1.54, 1.807) is 23.5 Å². The van der Waals surface area contributed by atoms with E-state index >= 15 is 0 Å². The van der Waals surface area contributed by atoms with Crippen LogP contribution in [-0.4, -0.2) is 0 Å². The van der Waals surface area contributed by atoms with Crippen molar-refractivity contribution in [2.24, 2.45) is 0 Å². The van der Waals surface area contributed by atoms with Crippen molar-refractivity contribution in [2.75, 3.05) is 0 Å². The molecule has 0 spiro atoms. The first kappa shape index (κ1) is 12.1. The van der Waals surface area contributed by atoms with Crippen LogP contribution in [0, 0.1) is 0 Å². The molecular weight excluding hydrogens is 315 g/mol. The molecule has 0 saturated heterocycles. The molecule has 86 valence electrons. The van der Waals surface area contributed by atoms with Gasteiger partial charge in [-0.1, -0.05) is 58.3 Å². The summed E-state index contributed by atoms with van der Waals surface area (Å²) in [5, 5.41) is 1.93. The first-order valence-corrected chi connectivity index (χ1v) is 7.54. The van der Waals surface area contributed by atoms with Crippen LogP contribution in [0.4, 0.5) is 0 Å². The molecule has 2 aromatic carbocycles. The molecule has 3 rings (SSSR count). The quantitative estimate of drug-likeness (QED) is 0.479. The van der Waals surface area contributed by atoms with E-state index in [0.717, 1.165) is 19.7 Å². The summed E-state index contributed by atoms with van der Waals surface area (Å²) >= 11 is 21.4. The van der Waals surface area contributed by atoms with Crippen LogP contribution in [0.25, 0.3) is 0 Å². The molecule has 0 saturated carbocycles. The summed E-state index contributed by atoms with van der Waals surface area (Å²) in [7, 11) is 0. The Bertz CT molecular complexity index is 611. The Morgan fingerprint density at radius 2 is 1.18 bits per heavy atom. The molecule has 0 N–H and O–H groups in total. The molecule has 0 aromatic heterocycles. The van der Waals surface area contributed by atoms with Crippen LogP contribution in [0.2, 0.25) is 15.1 Å². The van der Waals surface area contributed by atoms with Crippen LogP contribution >= 0.6 is 58.3 Å². The van der Waals surface area contributed by atoms with Crippen LogP contribution in [0.15, 0.2) is 49.9 Å². The molecule has 5 heteroatoms. The maximum atomic E-state index is 6.02. The summed E-state index contributed by atoms with van der Waals surface area (Å²) in [4.78, 5) is 4.62. The molecule has 0 unspecified atom stereocenters. The van der Waals surface area contributed by atoms with Crippen LogP contribution in [0.3, 0.4) is 0 Å². The van der Waals surface area contributed by atoms with Gasteiger partial charge in [-0.2, -0.15) is 0 Å². The normalized spacial score (nSPS) is 13.1. The van der Waals surface area contributed by atoms with E-state index in [0.29, 0.717) is 10.0 Å². The summed E-state index contributed by atoms with van der Waals surface area (Å²) in [5.74, 6) is 0. The minimum absolute atomic E-state index is 0.587. The van der Waals surface area contributed by atoms with Crippen LogP contribution in [-0.2, 0) is 0 Å². The van der Waals surface area contributed by atoms with Crippen LogP contribution in [0.1, 0.15) is 0 Å². The van der Waals surface area contributed by atoms with Gasteiger partial charge in [-0.15, -0.1) is 0 Å². The molecule has 0 atom stereocenters. The second kappa shape index (κ2) is 4.60. The van der Waals surface area contributed by atoms with Gasteiger partial charge in [0.1, 0.15) is 0 Å².